The molecule has 1 aromatic rings. The van der Waals surface area contributed by atoms with Crippen LogP contribution in [0.1, 0.15) is 44.2 Å². The number of hydrogen-bond donors (Lipinski definition) is 1. The van der Waals surface area contributed by atoms with E-state index >= 15 is 0 Å². The topological polar surface area (TPSA) is 33.1 Å². The molecule has 0 bridgehead atoms. The molecule has 2 nitrogen and oxygen atoms in total. The van der Waals surface area contributed by atoms with Crippen molar-refractivity contribution < 1.29 is 5.11 Å². The van der Waals surface area contributed by atoms with Gasteiger partial charge in [0, 0.05) is 5.69 Å². The first-order chi connectivity index (χ1) is 6.65. The Bertz CT molecular complexity index is 285. The minimum atomic E-state index is -0.421. The summed E-state index contributed by atoms with van der Waals surface area (Å²) >= 11 is 0. The SMILES string of the molecule is CCCC(C)C(O)c1cccc(C)n1. The lowest BCUT2D eigenvalue weighted by molar-refractivity contribution is 0.108. The van der Waals surface area contributed by atoms with E-state index in [-0.39, 0.29) is 5.92 Å². The summed E-state index contributed by atoms with van der Waals surface area (Å²) in [4.78, 5) is 4.33. The quantitative estimate of drug-likeness (QED) is 0.797. The van der Waals surface area contributed by atoms with Gasteiger partial charge in [-0.15, -0.1) is 0 Å². The molecule has 14 heavy (non-hydrogen) atoms. The molecule has 0 aliphatic carbocycles. The Morgan fingerprint density at radius 2 is 2.14 bits per heavy atom. The molecule has 0 fully saturated rings. The molecule has 0 amide bonds. The molecule has 0 saturated carbocycles. The Morgan fingerprint density at radius 1 is 1.43 bits per heavy atom. The average Bonchev–Trinajstić information content (AvgIpc) is 2.17. The molecule has 0 saturated heterocycles. The van der Waals surface area contributed by atoms with Gasteiger partial charge in [0.25, 0.3) is 0 Å². The van der Waals surface area contributed by atoms with Crippen LogP contribution in [0.3, 0.4) is 0 Å². The van der Waals surface area contributed by atoms with Crippen LogP contribution in [0.4, 0.5) is 0 Å². The second-order valence-corrected chi connectivity index (χ2v) is 3.91. The maximum atomic E-state index is 9.98. The Labute approximate surface area is 86.0 Å². The van der Waals surface area contributed by atoms with Crippen LogP contribution in [0.25, 0.3) is 0 Å². The van der Waals surface area contributed by atoms with Crippen molar-refractivity contribution >= 4 is 0 Å². The zero-order valence-electron chi connectivity index (χ0n) is 9.20. The highest BCUT2D eigenvalue weighted by molar-refractivity contribution is 5.12. The monoisotopic (exact) mass is 193 g/mol. The summed E-state index contributed by atoms with van der Waals surface area (Å²) < 4.78 is 0. The third kappa shape index (κ3) is 2.81. The zero-order valence-corrected chi connectivity index (χ0v) is 9.20. The summed E-state index contributed by atoms with van der Waals surface area (Å²) in [7, 11) is 0. The predicted octanol–water partition coefficient (Wildman–Crippen LogP) is 2.86. The fraction of sp³-hybridized carbons (Fsp3) is 0.583. The molecule has 1 rings (SSSR count). The molecule has 2 heteroatoms. The molecule has 1 heterocycles. The standard InChI is InChI=1S/C12H19NO/c1-4-6-9(2)12(14)11-8-5-7-10(3)13-11/h5,7-9,12,14H,4,6H2,1-3H3. The highest BCUT2D eigenvalue weighted by Crippen LogP contribution is 2.23. The van der Waals surface area contributed by atoms with Crippen LogP contribution < -0.4 is 0 Å². The lowest BCUT2D eigenvalue weighted by atomic mass is 9.96. The van der Waals surface area contributed by atoms with Gasteiger partial charge >= 0.3 is 0 Å². The van der Waals surface area contributed by atoms with E-state index in [0.717, 1.165) is 24.2 Å². The molecule has 1 aromatic heterocycles. The highest BCUT2D eigenvalue weighted by Gasteiger charge is 2.16. The third-order valence-electron chi connectivity index (χ3n) is 2.50. The maximum Gasteiger partial charge on any atom is 0.0985 e. The molecule has 1 N–H and O–H groups in total. The van der Waals surface area contributed by atoms with Crippen molar-refractivity contribution in [2.24, 2.45) is 5.92 Å². The predicted molar refractivity (Wildman–Crippen MR) is 58.0 cm³/mol. The Kier molecular flexibility index (Phi) is 4.08. The first-order valence-corrected chi connectivity index (χ1v) is 5.26. The van der Waals surface area contributed by atoms with Crippen LogP contribution in [-0.4, -0.2) is 10.1 Å². The van der Waals surface area contributed by atoms with Crippen LogP contribution in [-0.2, 0) is 0 Å². The summed E-state index contributed by atoms with van der Waals surface area (Å²) in [5.41, 5.74) is 1.76. The van der Waals surface area contributed by atoms with Crippen LogP contribution >= 0.6 is 0 Å². The van der Waals surface area contributed by atoms with Gasteiger partial charge < -0.3 is 5.11 Å². The smallest absolute Gasteiger partial charge is 0.0985 e. The Morgan fingerprint density at radius 3 is 2.71 bits per heavy atom. The molecule has 0 aliphatic rings. The van der Waals surface area contributed by atoms with Crippen LogP contribution in [0, 0.1) is 12.8 Å². The number of aromatic nitrogens is 1. The molecular weight excluding hydrogens is 174 g/mol. The van der Waals surface area contributed by atoms with E-state index in [1.54, 1.807) is 0 Å². The summed E-state index contributed by atoms with van der Waals surface area (Å²) in [6.45, 7) is 6.14. The van der Waals surface area contributed by atoms with E-state index in [2.05, 4.69) is 18.8 Å². The number of rotatable bonds is 4. The normalized spacial score (nSPS) is 15.1. The Hall–Kier alpha value is -0.890. The van der Waals surface area contributed by atoms with Crippen LogP contribution in [0.5, 0.6) is 0 Å². The number of pyridine rings is 1. The van der Waals surface area contributed by atoms with Gasteiger partial charge in [0.1, 0.15) is 0 Å². The van der Waals surface area contributed by atoms with Gasteiger partial charge in [-0.25, -0.2) is 0 Å². The molecule has 2 atom stereocenters. The fourth-order valence-corrected chi connectivity index (χ4v) is 1.63. The fourth-order valence-electron chi connectivity index (χ4n) is 1.63. The van der Waals surface area contributed by atoms with Crippen molar-refractivity contribution in [3.63, 3.8) is 0 Å². The van der Waals surface area contributed by atoms with E-state index in [1.807, 2.05) is 25.1 Å². The van der Waals surface area contributed by atoms with Crippen LogP contribution in [0.15, 0.2) is 18.2 Å². The second kappa shape index (κ2) is 5.11. The first kappa shape index (κ1) is 11.2. The third-order valence-corrected chi connectivity index (χ3v) is 2.50. The van der Waals surface area contributed by atoms with Gasteiger partial charge in [0.05, 0.1) is 11.8 Å². The molecule has 0 aliphatic heterocycles. The summed E-state index contributed by atoms with van der Waals surface area (Å²) in [6, 6.07) is 5.78. The molecule has 0 aromatic carbocycles. The Balaban J connectivity index is 2.73. The van der Waals surface area contributed by atoms with Crippen molar-refractivity contribution in [3.05, 3.63) is 29.6 Å². The number of aryl methyl sites for hydroxylation is 1. The largest absolute Gasteiger partial charge is 0.387 e. The first-order valence-electron chi connectivity index (χ1n) is 5.26. The van der Waals surface area contributed by atoms with Crippen molar-refractivity contribution in [2.45, 2.75) is 39.7 Å². The number of aliphatic hydroxyl groups excluding tert-OH is 1. The zero-order chi connectivity index (χ0) is 10.6. The van der Waals surface area contributed by atoms with Crippen molar-refractivity contribution in [1.29, 1.82) is 0 Å². The van der Waals surface area contributed by atoms with Gasteiger partial charge in [0.2, 0.25) is 0 Å². The van der Waals surface area contributed by atoms with E-state index < -0.39 is 6.10 Å². The highest BCUT2D eigenvalue weighted by atomic mass is 16.3. The number of aliphatic hydroxyl groups is 1. The van der Waals surface area contributed by atoms with Gasteiger partial charge in [-0.2, -0.15) is 0 Å². The summed E-state index contributed by atoms with van der Waals surface area (Å²) in [5.74, 6) is 0.286. The lowest BCUT2D eigenvalue weighted by Gasteiger charge is -2.17. The maximum absolute atomic E-state index is 9.98. The van der Waals surface area contributed by atoms with Gasteiger partial charge in [-0.05, 0) is 31.4 Å². The summed E-state index contributed by atoms with van der Waals surface area (Å²) in [6.07, 6.45) is 1.72. The number of hydrogen-bond acceptors (Lipinski definition) is 2. The van der Waals surface area contributed by atoms with Crippen molar-refractivity contribution in [1.82, 2.24) is 4.98 Å². The molecule has 0 radical (unpaired) electrons. The average molecular weight is 193 g/mol. The molecule has 2 unspecified atom stereocenters. The van der Waals surface area contributed by atoms with Crippen LogP contribution in [0.2, 0.25) is 0 Å². The van der Waals surface area contributed by atoms with E-state index in [0.29, 0.717) is 0 Å². The number of nitrogens with zero attached hydrogens (tertiary/aromatic N) is 1. The van der Waals surface area contributed by atoms with E-state index in [4.69, 9.17) is 0 Å². The molecule has 0 spiro atoms. The second-order valence-electron chi connectivity index (χ2n) is 3.91. The summed E-state index contributed by atoms with van der Waals surface area (Å²) in [5, 5.41) is 9.98. The van der Waals surface area contributed by atoms with E-state index in [1.165, 1.54) is 0 Å². The van der Waals surface area contributed by atoms with Gasteiger partial charge in [0.15, 0.2) is 0 Å². The van der Waals surface area contributed by atoms with Gasteiger partial charge in [-0.3, -0.25) is 4.98 Å². The van der Waals surface area contributed by atoms with E-state index in [9.17, 15) is 5.11 Å². The molecule has 78 valence electrons. The molecular formula is C12H19NO. The lowest BCUT2D eigenvalue weighted by Crippen LogP contribution is -2.10. The minimum absolute atomic E-state index is 0.286. The van der Waals surface area contributed by atoms with Crippen molar-refractivity contribution in [3.8, 4) is 0 Å². The van der Waals surface area contributed by atoms with Gasteiger partial charge in [-0.1, -0.05) is 26.3 Å². The minimum Gasteiger partial charge on any atom is -0.387 e. The van der Waals surface area contributed by atoms with Crippen molar-refractivity contribution in [2.75, 3.05) is 0 Å².